The van der Waals surface area contributed by atoms with Crippen LogP contribution in [0.5, 0.6) is 5.75 Å². The van der Waals surface area contributed by atoms with Crippen LogP contribution >= 0.6 is 0 Å². The third kappa shape index (κ3) is 1.65. The normalized spacial score (nSPS) is 22.2. The molecule has 1 aromatic carbocycles. The third-order valence-electron chi connectivity index (χ3n) is 4.32. The fraction of sp³-hybridized carbons (Fsp3) is 0.429. The van der Waals surface area contributed by atoms with Crippen LogP contribution in [-0.2, 0) is 19.5 Å². The van der Waals surface area contributed by atoms with E-state index in [0.717, 1.165) is 43.9 Å². The molecule has 0 saturated heterocycles. The number of rotatable bonds is 1. The summed E-state index contributed by atoms with van der Waals surface area (Å²) in [6.07, 6.45) is 3.86. The zero-order chi connectivity index (χ0) is 12.8. The molecule has 98 valence electrons. The van der Waals surface area contributed by atoms with Gasteiger partial charge in [-0.05, 0) is 30.0 Å². The number of aromatic hydroxyl groups is 1. The zero-order valence-electron chi connectivity index (χ0n) is 10.7. The van der Waals surface area contributed by atoms with Crippen LogP contribution in [0.4, 0.5) is 0 Å². The molecule has 1 N–H and O–H groups in total. The Morgan fingerprint density at radius 3 is 3.16 bits per heavy atom. The van der Waals surface area contributed by atoms with Gasteiger partial charge in [0.25, 0.3) is 0 Å². The van der Waals surface area contributed by atoms with Crippen LogP contribution in [0.2, 0.25) is 0 Å². The second-order valence-corrected chi connectivity index (χ2v) is 5.31. The highest BCUT2D eigenvalue weighted by molar-refractivity contribution is 5.44. The standard InChI is InChI=1S/C14H16N4O/c19-13-3-1-2-10-11(13)4-5-12(10)17-6-7-18-9-15-16-14(18)8-17/h1-3,9,12,19H,4-8H2. The SMILES string of the molecule is Oc1cccc2c1CCC2N1CCn2cnnc2C1. The molecule has 0 bridgehead atoms. The molecule has 0 saturated carbocycles. The fourth-order valence-electron chi connectivity index (χ4n) is 3.34. The molecule has 2 aliphatic rings. The summed E-state index contributed by atoms with van der Waals surface area (Å²) in [7, 11) is 0. The predicted octanol–water partition coefficient (Wildman–Crippen LogP) is 1.49. The van der Waals surface area contributed by atoms with Crippen molar-refractivity contribution in [3.63, 3.8) is 0 Å². The highest BCUT2D eigenvalue weighted by Gasteiger charge is 2.31. The lowest BCUT2D eigenvalue weighted by molar-refractivity contribution is 0.152. The molecule has 19 heavy (non-hydrogen) atoms. The van der Waals surface area contributed by atoms with Gasteiger partial charge in [-0.15, -0.1) is 10.2 Å². The minimum absolute atomic E-state index is 0.410. The Labute approximate surface area is 111 Å². The van der Waals surface area contributed by atoms with Crippen LogP contribution in [0, 0.1) is 0 Å². The lowest BCUT2D eigenvalue weighted by Gasteiger charge is -2.32. The van der Waals surface area contributed by atoms with E-state index in [4.69, 9.17) is 0 Å². The van der Waals surface area contributed by atoms with Crippen LogP contribution in [-0.4, -0.2) is 31.3 Å². The quantitative estimate of drug-likeness (QED) is 0.840. The summed E-state index contributed by atoms with van der Waals surface area (Å²) in [5.74, 6) is 1.49. The van der Waals surface area contributed by atoms with Crippen molar-refractivity contribution >= 4 is 0 Å². The topological polar surface area (TPSA) is 54.2 Å². The molecular weight excluding hydrogens is 240 g/mol. The van der Waals surface area contributed by atoms with Gasteiger partial charge in [-0.2, -0.15) is 0 Å². The van der Waals surface area contributed by atoms with Gasteiger partial charge < -0.3 is 9.67 Å². The first-order valence-electron chi connectivity index (χ1n) is 6.74. The number of fused-ring (bicyclic) bond motifs is 2. The molecule has 0 radical (unpaired) electrons. The number of phenolic OH excluding ortho intramolecular Hbond substituents is 1. The molecule has 0 spiro atoms. The second kappa shape index (κ2) is 4.06. The van der Waals surface area contributed by atoms with Gasteiger partial charge in [-0.25, -0.2) is 0 Å². The number of benzene rings is 1. The Balaban J connectivity index is 1.65. The molecule has 1 aromatic heterocycles. The van der Waals surface area contributed by atoms with E-state index in [1.54, 1.807) is 12.4 Å². The lowest BCUT2D eigenvalue weighted by atomic mass is 10.1. The smallest absolute Gasteiger partial charge is 0.147 e. The first-order chi connectivity index (χ1) is 9.33. The van der Waals surface area contributed by atoms with Crippen LogP contribution in [0.15, 0.2) is 24.5 Å². The molecular formula is C14H16N4O. The fourth-order valence-corrected chi connectivity index (χ4v) is 3.34. The summed E-state index contributed by atoms with van der Waals surface area (Å²) in [5.41, 5.74) is 2.41. The molecule has 1 atom stereocenters. The number of hydrogen-bond donors (Lipinski definition) is 1. The first-order valence-corrected chi connectivity index (χ1v) is 6.74. The van der Waals surface area contributed by atoms with Crippen molar-refractivity contribution in [1.29, 1.82) is 0 Å². The van der Waals surface area contributed by atoms with Crippen LogP contribution in [0.25, 0.3) is 0 Å². The molecule has 1 aliphatic carbocycles. The molecule has 5 heteroatoms. The zero-order valence-corrected chi connectivity index (χ0v) is 10.7. The number of phenols is 1. The van der Waals surface area contributed by atoms with E-state index < -0.39 is 0 Å². The number of hydrogen-bond acceptors (Lipinski definition) is 4. The Morgan fingerprint density at radius 2 is 2.21 bits per heavy atom. The summed E-state index contributed by atoms with van der Waals surface area (Å²) in [4.78, 5) is 2.45. The van der Waals surface area contributed by atoms with Gasteiger partial charge in [0.05, 0.1) is 6.54 Å². The maximum atomic E-state index is 9.93. The largest absolute Gasteiger partial charge is 0.508 e. The van der Waals surface area contributed by atoms with E-state index in [0.29, 0.717) is 11.8 Å². The molecule has 1 unspecified atom stereocenters. The molecule has 5 nitrogen and oxygen atoms in total. The van der Waals surface area contributed by atoms with Crippen molar-refractivity contribution in [2.24, 2.45) is 0 Å². The molecule has 0 fully saturated rings. The van der Waals surface area contributed by atoms with Gasteiger partial charge in [0.15, 0.2) is 0 Å². The average molecular weight is 256 g/mol. The molecule has 2 aromatic rings. The van der Waals surface area contributed by atoms with Crippen molar-refractivity contribution in [3.8, 4) is 5.75 Å². The number of nitrogens with zero attached hydrogens (tertiary/aromatic N) is 4. The summed E-state index contributed by atoms with van der Waals surface area (Å²) < 4.78 is 2.12. The van der Waals surface area contributed by atoms with Crippen molar-refractivity contribution in [1.82, 2.24) is 19.7 Å². The predicted molar refractivity (Wildman–Crippen MR) is 69.6 cm³/mol. The van der Waals surface area contributed by atoms with Crippen LogP contribution in [0.3, 0.4) is 0 Å². The summed E-state index contributed by atoms with van der Waals surface area (Å²) in [6.45, 7) is 2.82. The minimum atomic E-state index is 0.410. The van der Waals surface area contributed by atoms with E-state index in [-0.39, 0.29) is 0 Å². The summed E-state index contributed by atoms with van der Waals surface area (Å²) in [6, 6.07) is 6.28. The van der Waals surface area contributed by atoms with Gasteiger partial charge in [0.1, 0.15) is 17.9 Å². The van der Waals surface area contributed by atoms with E-state index in [1.165, 1.54) is 5.56 Å². The van der Waals surface area contributed by atoms with E-state index >= 15 is 0 Å². The monoisotopic (exact) mass is 256 g/mol. The van der Waals surface area contributed by atoms with Gasteiger partial charge >= 0.3 is 0 Å². The van der Waals surface area contributed by atoms with E-state index in [2.05, 4.69) is 25.7 Å². The Morgan fingerprint density at radius 1 is 1.26 bits per heavy atom. The van der Waals surface area contributed by atoms with Gasteiger partial charge in [0, 0.05) is 19.1 Å². The summed E-state index contributed by atoms with van der Waals surface area (Å²) in [5, 5.41) is 18.1. The first kappa shape index (κ1) is 11.0. The van der Waals surface area contributed by atoms with E-state index in [1.807, 2.05) is 6.07 Å². The second-order valence-electron chi connectivity index (χ2n) is 5.31. The lowest BCUT2D eigenvalue weighted by Crippen LogP contribution is -2.35. The van der Waals surface area contributed by atoms with Crippen molar-refractivity contribution < 1.29 is 5.11 Å². The summed E-state index contributed by atoms with van der Waals surface area (Å²) >= 11 is 0. The molecule has 4 rings (SSSR count). The Kier molecular flexibility index (Phi) is 2.35. The third-order valence-corrected chi connectivity index (χ3v) is 4.32. The minimum Gasteiger partial charge on any atom is -0.508 e. The van der Waals surface area contributed by atoms with Gasteiger partial charge in [0.2, 0.25) is 0 Å². The maximum Gasteiger partial charge on any atom is 0.147 e. The highest BCUT2D eigenvalue weighted by atomic mass is 16.3. The van der Waals surface area contributed by atoms with Gasteiger partial charge in [-0.3, -0.25) is 4.90 Å². The van der Waals surface area contributed by atoms with Crippen molar-refractivity contribution in [2.75, 3.05) is 6.54 Å². The van der Waals surface area contributed by atoms with E-state index in [9.17, 15) is 5.11 Å². The maximum absolute atomic E-state index is 9.93. The average Bonchev–Trinajstić information content (AvgIpc) is 3.04. The molecule has 1 aliphatic heterocycles. The van der Waals surface area contributed by atoms with Crippen molar-refractivity contribution in [3.05, 3.63) is 41.5 Å². The van der Waals surface area contributed by atoms with Crippen LogP contribution < -0.4 is 0 Å². The van der Waals surface area contributed by atoms with Crippen LogP contribution in [0.1, 0.15) is 29.4 Å². The molecule has 2 heterocycles. The number of aromatic nitrogens is 3. The Bertz CT molecular complexity index is 622. The highest BCUT2D eigenvalue weighted by Crippen LogP contribution is 2.40. The molecule has 0 amide bonds. The Hall–Kier alpha value is -1.88. The van der Waals surface area contributed by atoms with Crippen molar-refractivity contribution in [2.45, 2.75) is 32.0 Å². The van der Waals surface area contributed by atoms with Gasteiger partial charge in [-0.1, -0.05) is 12.1 Å².